The van der Waals surface area contributed by atoms with Crippen LogP contribution in [0.4, 0.5) is 0 Å². The Labute approximate surface area is 155 Å². The van der Waals surface area contributed by atoms with Gasteiger partial charge in [-0.3, -0.25) is 9.59 Å². The predicted molar refractivity (Wildman–Crippen MR) is 96.0 cm³/mol. The molecule has 0 N–H and O–H groups in total. The minimum Gasteiger partial charge on any atom is -0.462 e. The van der Waals surface area contributed by atoms with Crippen molar-refractivity contribution < 1.29 is 18.7 Å². The van der Waals surface area contributed by atoms with Crippen molar-refractivity contribution in [1.82, 2.24) is 14.8 Å². The van der Waals surface area contributed by atoms with E-state index in [0.717, 1.165) is 17.7 Å². The summed E-state index contributed by atoms with van der Waals surface area (Å²) in [6, 6.07) is 3.64. The number of rotatable bonds is 3. The van der Waals surface area contributed by atoms with Gasteiger partial charge in [0.25, 0.3) is 11.8 Å². The SMILES string of the molecule is Cc1sc(-c2ccco2)nc1C(=O)N1CCN(C(=O)C2CCCO2)CC1. The fourth-order valence-electron chi connectivity index (χ4n) is 3.36. The van der Waals surface area contributed by atoms with E-state index in [1.165, 1.54) is 11.3 Å². The average molecular weight is 375 g/mol. The predicted octanol–water partition coefficient (Wildman–Crippen LogP) is 2.17. The Balaban J connectivity index is 1.40. The number of ether oxygens (including phenoxy) is 1. The van der Waals surface area contributed by atoms with Crippen LogP contribution < -0.4 is 0 Å². The fourth-order valence-corrected chi connectivity index (χ4v) is 4.23. The molecule has 0 bridgehead atoms. The topological polar surface area (TPSA) is 75.9 Å². The van der Waals surface area contributed by atoms with E-state index in [1.807, 2.05) is 17.9 Å². The number of hydrogen-bond acceptors (Lipinski definition) is 6. The Morgan fingerprint density at radius 2 is 2.00 bits per heavy atom. The number of hydrogen-bond donors (Lipinski definition) is 0. The van der Waals surface area contributed by atoms with Crippen molar-refractivity contribution in [2.45, 2.75) is 25.9 Å². The Kier molecular flexibility index (Phi) is 4.78. The zero-order valence-electron chi connectivity index (χ0n) is 14.6. The first-order valence-corrected chi connectivity index (χ1v) is 9.66. The molecule has 7 nitrogen and oxygen atoms in total. The van der Waals surface area contributed by atoms with Crippen LogP contribution in [0, 0.1) is 6.92 Å². The van der Waals surface area contributed by atoms with Gasteiger partial charge in [0.1, 0.15) is 11.8 Å². The summed E-state index contributed by atoms with van der Waals surface area (Å²) in [7, 11) is 0. The van der Waals surface area contributed by atoms with Crippen molar-refractivity contribution in [2.24, 2.45) is 0 Å². The summed E-state index contributed by atoms with van der Waals surface area (Å²) in [6.45, 7) is 4.68. The number of piperazine rings is 1. The van der Waals surface area contributed by atoms with Crippen LogP contribution in [-0.4, -0.2) is 65.5 Å². The van der Waals surface area contributed by atoms with Gasteiger partial charge in [0.05, 0.1) is 6.26 Å². The minimum atomic E-state index is -0.297. The van der Waals surface area contributed by atoms with Crippen LogP contribution in [0.1, 0.15) is 28.2 Å². The molecular weight excluding hydrogens is 354 g/mol. The first-order valence-electron chi connectivity index (χ1n) is 8.84. The number of furan rings is 1. The van der Waals surface area contributed by atoms with Gasteiger partial charge in [0, 0.05) is 37.7 Å². The van der Waals surface area contributed by atoms with Gasteiger partial charge >= 0.3 is 0 Å². The molecule has 2 aliphatic rings. The van der Waals surface area contributed by atoms with Gasteiger partial charge < -0.3 is 19.0 Å². The van der Waals surface area contributed by atoms with Crippen LogP contribution in [0.3, 0.4) is 0 Å². The van der Waals surface area contributed by atoms with E-state index >= 15 is 0 Å². The number of carbonyl (C=O) groups is 2. The largest absolute Gasteiger partial charge is 0.462 e. The molecule has 0 saturated carbocycles. The van der Waals surface area contributed by atoms with Gasteiger partial charge in [-0.15, -0.1) is 11.3 Å². The molecule has 4 rings (SSSR count). The molecule has 2 fully saturated rings. The molecule has 2 amide bonds. The monoisotopic (exact) mass is 375 g/mol. The fraction of sp³-hybridized carbons (Fsp3) is 0.500. The summed E-state index contributed by atoms with van der Waals surface area (Å²) in [5, 5.41) is 0.711. The Hall–Kier alpha value is -2.19. The molecule has 26 heavy (non-hydrogen) atoms. The van der Waals surface area contributed by atoms with Crippen molar-refractivity contribution in [2.75, 3.05) is 32.8 Å². The number of amides is 2. The van der Waals surface area contributed by atoms with Crippen LogP contribution >= 0.6 is 11.3 Å². The zero-order valence-corrected chi connectivity index (χ0v) is 15.5. The summed E-state index contributed by atoms with van der Waals surface area (Å²) >= 11 is 1.45. The molecular formula is C18H21N3O4S. The van der Waals surface area contributed by atoms with E-state index in [0.29, 0.717) is 49.2 Å². The maximum atomic E-state index is 12.8. The molecule has 2 aromatic heterocycles. The zero-order chi connectivity index (χ0) is 18.1. The van der Waals surface area contributed by atoms with Crippen LogP contribution in [-0.2, 0) is 9.53 Å². The standard InChI is InChI=1S/C18H21N3O4S/c1-12-15(19-16(26-12)13-4-2-10-24-13)18(23)21-8-6-20(7-9-21)17(22)14-5-3-11-25-14/h2,4,10,14H,3,5-9,11H2,1H3. The lowest BCUT2D eigenvalue weighted by molar-refractivity contribution is -0.142. The van der Waals surface area contributed by atoms with Crippen molar-refractivity contribution in [3.63, 3.8) is 0 Å². The first kappa shape index (κ1) is 17.2. The minimum absolute atomic E-state index is 0.0551. The normalized spacial score (nSPS) is 20.6. The van der Waals surface area contributed by atoms with Crippen LogP contribution in [0.2, 0.25) is 0 Å². The summed E-state index contributed by atoms with van der Waals surface area (Å²) in [6.07, 6.45) is 3.04. The lowest BCUT2D eigenvalue weighted by Crippen LogP contribution is -2.53. The van der Waals surface area contributed by atoms with E-state index in [-0.39, 0.29) is 17.9 Å². The molecule has 2 aromatic rings. The molecule has 2 aliphatic heterocycles. The third kappa shape index (κ3) is 3.26. The second-order valence-electron chi connectivity index (χ2n) is 6.52. The maximum absolute atomic E-state index is 12.8. The van der Waals surface area contributed by atoms with E-state index in [4.69, 9.17) is 9.15 Å². The summed E-state index contributed by atoms with van der Waals surface area (Å²) in [5.41, 5.74) is 0.473. The first-order chi connectivity index (χ1) is 12.6. The lowest BCUT2D eigenvalue weighted by atomic mass is 10.2. The van der Waals surface area contributed by atoms with Gasteiger partial charge in [-0.25, -0.2) is 4.98 Å². The van der Waals surface area contributed by atoms with Gasteiger partial charge in [0.15, 0.2) is 10.8 Å². The lowest BCUT2D eigenvalue weighted by Gasteiger charge is -2.35. The number of aryl methyl sites for hydroxylation is 1. The maximum Gasteiger partial charge on any atom is 0.273 e. The number of nitrogens with zero attached hydrogens (tertiary/aromatic N) is 3. The van der Waals surface area contributed by atoms with E-state index in [1.54, 1.807) is 17.2 Å². The van der Waals surface area contributed by atoms with Crippen molar-refractivity contribution in [1.29, 1.82) is 0 Å². The van der Waals surface area contributed by atoms with Crippen molar-refractivity contribution >= 4 is 23.2 Å². The molecule has 1 atom stereocenters. The highest BCUT2D eigenvalue weighted by atomic mass is 32.1. The molecule has 0 aliphatic carbocycles. The highest BCUT2D eigenvalue weighted by Gasteiger charge is 2.32. The van der Waals surface area contributed by atoms with Crippen LogP contribution in [0.25, 0.3) is 10.8 Å². The average Bonchev–Trinajstić information content (AvgIpc) is 3.41. The van der Waals surface area contributed by atoms with Gasteiger partial charge in [0.2, 0.25) is 0 Å². The van der Waals surface area contributed by atoms with Crippen molar-refractivity contribution in [3.8, 4) is 10.8 Å². The Bertz CT molecular complexity index is 787. The molecule has 4 heterocycles. The third-order valence-electron chi connectivity index (χ3n) is 4.81. The second-order valence-corrected chi connectivity index (χ2v) is 7.72. The molecule has 2 saturated heterocycles. The van der Waals surface area contributed by atoms with Crippen LogP contribution in [0.5, 0.6) is 0 Å². The number of carbonyl (C=O) groups excluding carboxylic acids is 2. The molecule has 138 valence electrons. The van der Waals surface area contributed by atoms with Crippen LogP contribution in [0.15, 0.2) is 22.8 Å². The number of aromatic nitrogens is 1. The quantitative estimate of drug-likeness (QED) is 0.822. The van der Waals surface area contributed by atoms with Gasteiger partial charge in [-0.1, -0.05) is 0 Å². The molecule has 0 spiro atoms. The summed E-state index contributed by atoms with van der Waals surface area (Å²) in [5.74, 6) is 0.643. The number of thiazole rings is 1. The second kappa shape index (κ2) is 7.20. The molecule has 0 radical (unpaired) electrons. The van der Waals surface area contributed by atoms with E-state index in [2.05, 4.69) is 4.98 Å². The highest BCUT2D eigenvalue weighted by Crippen LogP contribution is 2.28. The smallest absolute Gasteiger partial charge is 0.273 e. The summed E-state index contributed by atoms with van der Waals surface area (Å²) < 4.78 is 10.8. The Morgan fingerprint density at radius 1 is 1.23 bits per heavy atom. The molecule has 1 unspecified atom stereocenters. The van der Waals surface area contributed by atoms with Crippen molar-refractivity contribution in [3.05, 3.63) is 29.0 Å². The van der Waals surface area contributed by atoms with E-state index in [9.17, 15) is 9.59 Å². The van der Waals surface area contributed by atoms with Gasteiger partial charge in [-0.05, 0) is 31.9 Å². The molecule has 0 aromatic carbocycles. The third-order valence-corrected chi connectivity index (χ3v) is 5.80. The Morgan fingerprint density at radius 3 is 2.65 bits per heavy atom. The highest BCUT2D eigenvalue weighted by molar-refractivity contribution is 7.15. The molecule has 8 heteroatoms. The van der Waals surface area contributed by atoms with Gasteiger partial charge in [-0.2, -0.15) is 0 Å². The van der Waals surface area contributed by atoms with E-state index < -0.39 is 0 Å². The summed E-state index contributed by atoms with van der Waals surface area (Å²) in [4.78, 5) is 34.2.